The van der Waals surface area contributed by atoms with Gasteiger partial charge in [-0.15, -0.1) is 11.3 Å². The van der Waals surface area contributed by atoms with Crippen LogP contribution in [0.15, 0.2) is 16.3 Å². The molecule has 9 heteroatoms. The lowest BCUT2D eigenvalue weighted by Gasteiger charge is -2.23. The summed E-state index contributed by atoms with van der Waals surface area (Å²) in [6.45, 7) is 6.28. The second kappa shape index (κ2) is 7.30. The molecule has 0 saturated carbocycles. The van der Waals surface area contributed by atoms with E-state index in [0.717, 1.165) is 11.3 Å². The molecule has 6 nitrogen and oxygen atoms in total. The Morgan fingerprint density at radius 3 is 2.43 bits per heavy atom. The fourth-order valence-corrected chi connectivity index (χ4v) is 4.31. The molecule has 1 aromatic heterocycles. The van der Waals surface area contributed by atoms with E-state index in [-0.39, 0.29) is 15.1 Å². The first kappa shape index (κ1) is 18.0. The number of carbonyl (C=O) groups is 1. The van der Waals surface area contributed by atoms with E-state index >= 15 is 0 Å². The predicted molar refractivity (Wildman–Crippen MR) is 87.9 cm³/mol. The lowest BCUT2D eigenvalue weighted by molar-refractivity contribution is -0.132. The zero-order valence-corrected chi connectivity index (χ0v) is 14.6. The average molecular weight is 350 g/mol. The Hall–Kier alpha value is -1.03. The summed E-state index contributed by atoms with van der Waals surface area (Å²) in [6, 6.07) is 2.15. The van der Waals surface area contributed by atoms with E-state index in [4.69, 9.17) is 18.0 Å². The van der Waals surface area contributed by atoms with E-state index in [9.17, 15) is 13.2 Å². The van der Waals surface area contributed by atoms with Gasteiger partial charge < -0.3 is 10.6 Å². The number of nitrogens with zero attached hydrogens (tertiary/aromatic N) is 1. The molecule has 1 rings (SSSR count). The normalized spacial score (nSPS) is 12.9. The second-order valence-corrected chi connectivity index (χ2v) is 7.80. The summed E-state index contributed by atoms with van der Waals surface area (Å²) in [5.74, 6) is -0.255. The first-order chi connectivity index (χ1) is 9.72. The van der Waals surface area contributed by atoms with Gasteiger partial charge >= 0.3 is 0 Å². The molecular formula is C12H19N3O3S3. The van der Waals surface area contributed by atoms with Crippen LogP contribution in [0.25, 0.3) is 0 Å². The van der Waals surface area contributed by atoms with Crippen LogP contribution in [-0.2, 0) is 14.8 Å². The molecule has 0 spiro atoms. The van der Waals surface area contributed by atoms with E-state index in [2.05, 4.69) is 4.72 Å². The Bertz CT molecular complexity index is 621. The Morgan fingerprint density at radius 1 is 1.43 bits per heavy atom. The smallest absolute Gasteiger partial charge is 0.250 e. The van der Waals surface area contributed by atoms with Crippen molar-refractivity contribution in [2.75, 3.05) is 13.1 Å². The van der Waals surface area contributed by atoms with Crippen LogP contribution in [0.4, 0.5) is 0 Å². The van der Waals surface area contributed by atoms with Crippen LogP contribution in [0.1, 0.15) is 25.6 Å². The Morgan fingerprint density at radius 2 is 2.00 bits per heavy atom. The maximum absolute atomic E-state index is 12.2. The number of likely N-dealkylation sites (N-methyl/N-ethyl adjacent to an activating group) is 1. The summed E-state index contributed by atoms with van der Waals surface area (Å²) in [6.07, 6.45) is 0. The molecule has 1 unspecified atom stereocenters. The number of thiophene rings is 1. The monoisotopic (exact) mass is 349 g/mol. The summed E-state index contributed by atoms with van der Waals surface area (Å²) >= 11 is 5.79. The van der Waals surface area contributed by atoms with Crippen molar-refractivity contribution >= 4 is 44.5 Å². The average Bonchev–Trinajstić information content (AvgIpc) is 2.90. The van der Waals surface area contributed by atoms with Gasteiger partial charge in [0.25, 0.3) is 10.0 Å². The third-order valence-corrected chi connectivity index (χ3v) is 6.37. The molecule has 118 valence electrons. The van der Waals surface area contributed by atoms with E-state index in [1.54, 1.807) is 11.0 Å². The van der Waals surface area contributed by atoms with Gasteiger partial charge in [-0.25, -0.2) is 8.42 Å². The molecule has 0 saturated heterocycles. The summed E-state index contributed by atoms with van der Waals surface area (Å²) in [7, 11) is -3.76. The lowest BCUT2D eigenvalue weighted by atomic mass is 10.3. The van der Waals surface area contributed by atoms with Crippen LogP contribution < -0.4 is 10.5 Å². The Balaban J connectivity index is 2.89. The lowest BCUT2D eigenvalue weighted by Crippen LogP contribution is -2.46. The number of amides is 1. The summed E-state index contributed by atoms with van der Waals surface area (Å²) in [5, 5.41) is 0. The highest BCUT2D eigenvalue weighted by atomic mass is 32.2. The van der Waals surface area contributed by atoms with E-state index in [0.29, 0.717) is 18.0 Å². The van der Waals surface area contributed by atoms with Crippen LogP contribution >= 0.6 is 23.6 Å². The highest BCUT2D eigenvalue weighted by Crippen LogP contribution is 2.21. The van der Waals surface area contributed by atoms with Gasteiger partial charge in [-0.1, -0.05) is 12.2 Å². The molecule has 1 heterocycles. The van der Waals surface area contributed by atoms with Crippen molar-refractivity contribution in [1.82, 2.24) is 9.62 Å². The fraction of sp³-hybridized carbons (Fsp3) is 0.500. The maximum atomic E-state index is 12.2. The molecule has 21 heavy (non-hydrogen) atoms. The molecule has 0 aromatic carbocycles. The first-order valence-corrected chi connectivity index (χ1v) is 9.14. The van der Waals surface area contributed by atoms with Crippen molar-refractivity contribution in [2.45, 2.75) is 31.0 Å². The highest BCUT2D eigenvalue weighted by molar-refractivity contribution is 7.91. The van der Waals surface area contributed by atoms with Gasteiger partial charge in [-0.3, -0.25) is 4.79 Å². The maximum Gasteiger partial charge on any atom is 0.250 e. The number of carbonyl (C=O) groups excluding carboxylic acids is 1. The summed E-state index contributed by atoms with van der Waals surface area (Å²) < 4.78 is 26.9. The molecule has 0 radical (unpaired) electrons. The van der Waals surface area contributed by atoms with Crippen molar-refractivity contribution in [3.63, 3.8) is 0 Å². The first-order valence-electron chi connectivity index (χ1n) is 6.43. The van der Waals surface area contributed by atoms with Gasteiger partial charge in [0.2, 0.25) is 5.91 Å². The molecule has 1 amide bonds. The van der Waals surface area contributed by atoms with Crippen molar-refractivity contribution in [1.29, 1.82) is 0 Å². The number of nitrogens with one attached hydrogen (secondary N) is 1. The van der Waals surface area contributed by atoms with Gasteiger partial charge in [0.15, 0.2) is 0 Å². The standard InChI is InChI=1S/C12H19N3O3S3/c1-4-15(5-2)12(16)8(3)14-21(17,18)10-7-6-9(20-10)11(13)19/h6-8,14H,4-5H2,1-3H3,(H2,13,19). The van der Waals surface area contributed by atoms with E-state index < -0.39 is 16.1 Å². The van der Waals surface area contributed by atoms with Crippen LogP contribution in [0.5, 0.6) is 0 Å². The minimum atomic E-state index is -3.76. The molecule has 0 aliphatic heterocycles. The molecule has 3 N–H and O–H groups in total. The summed E-state index contributed by atoms with van der Waals surface area (Å²) in [4.78, 5) is 14.3. The van der Waals surface area contributed by atoms with Crippen molar-refractivity contribution in [2.24, 2.45) is 5.73 Å². The van der Waals surface area contributed by atoms with Crippen LogP contribution in [0.2, 0.25) is 0 Å². The third-order valence-electron chi connectivity index (χ3n) is 2.87. The van der Waals surface area contributed by atoms with Crippen molar-refractivity contribution in [3.8, 4) is 0 Å². The molecule has 0 aliphatic rings. The molecule has 0 aliphatic carbocycles. The van der Waals surface area contributed by atoms with Gasteiger partial charge in [-0.05, 0) is 32.9 Å². The number of sulfonamides is 1. The number of rotatable bonds is 7. The van der Waals surface area contributed by atoms with Gasteiger partial charge in [0.1, 0.15) is 9.20 Å². The van der Waals surface area contributed by atoms with Crippen LogP contribution in [0.3, 0.4) is 0 Å². The van der Waals surface area contributed by atoms with E-state index in [1.165, 1.54) is 13.0 Å². The number of hydrogen-bond donors (Lipinski definition) is 2. The molecule has 0 fully saturated rings. The van der Waals surface area contributed by atoms with Crippen molar-refractivity contribution < 1.29 is 13.2 Å². The zero-order valence-electron chi connectivity index (χ0n) is 12.1. The minimum absolute atomic E-state index is 0.0875. The predicted octanol–water partition coefficient (Wildman–Crippen LogP) is 0.917. The SMILES string of the molecule is CCN(CC)C(=O)C(C)NS(=O)(=O)c1ccc(C(N)=S)s1. The van der Waals surface area contributed by atoms with Gasteiger partial charge in [0, 0.05) is 13.1 Å². The highest BCUT2D eigenvalue weighted by Gasteiger charge is 2.25. The molecular weight excluding hydrogens is 330 g/mol. The molecule has 0 bridgehead atoms. The number of thiocarbonyl (C=S) groups is 1. The Labute approximate surface area is 134 Å². The van der Waals surface area contributed by atoms with Gasteiger partial charge in [-0.2, -0.15) is 4.72 Å². The number of hydrogen-bond acceptors (Lipinski definition) is 5. The van der Waals surface area contributed by atoms with Crippen LogP contribution in [0, 0.1) is 0 Å². The van der Waals surface area contributed by atoms with Gasteiger partial charge in [0.05, 0.1) is 10.9 Å². The fourth-order valence-electron chi connectivity index (χ4n) is 1.75. The molecule has 1 aromatic rings. The van der Waals surface area contributed by atoms with Crippen LogP contribution in [-0.4, -0.2) is 43.3 Å². The topological polar surface area (TPSA) is 92.5 Å². The largest absolute Gasteiger partial charge is 0.389 e. The quantitative estimate of drug-likeness (QED) is 0.714. The molecule has 1 atom stereocenters. The minimum Gasteiger partial charge on any atom is -0.389 e. The Kier molecular flexibility index (Phi) is 6.26. The van der Waals surface area contributed by atoms with Crippen molar-refractivity contribution in [3.05, 3.63) is 17.0 Å². The summed E-state index contributed by atoms with van der Waals surface area (Å²) in [5.41, 5.74) is 5.46. The third kappa shape index (κ3) is 4.47. The number of nitrogens with two attached hydrogens (primary N) is 1. The zero-order chi connectivity index (χ0) is 16.2. The van der Waals surface area contributed by atoms with E-state index in [1.807, 2.05) is 13.8 Å². The second-order valence-electron chi connectivity index (χ2n) is 4.34.